The molecule has 2 aliphatic heterocycles. The van der Waals surface area contributed by atoms with Crippen molar-refractivity contribution in [3.63, 3.8) is 0 Å². The van der Waals surface area contributed by atoms with Crippen LogP contribution in [0.1, 0.15) is 35.7 Å². The minimum Gasteiger partial charge on any atom is -0.289 e. The lowest BCUT2D eigenvalue weighted by molar-refractivity contribution is 0.167. The van der Waals surface area contributed by atoms with Crippen LogP contribution in [0.3, 0.4) is 0 Å². The smallest absolute Gasteiger partial charge is 0.175 e. The van der Waals surface area contributed by atoms with Crippen molar-refractivity contribution in [2.75, 3.05) is 6.26 Å². The molecule has 0 spiro atoms. The van der Waals surface area contributed by atoms with Crippen LogP contribution in [0, 0.1) is 0 Å². The first-order valence-electron chi connectivity index (χ1n) is 9.52. The van der Waals surface area contributed by atoms with Gasteiger partial charge in [0.1, 0.15) is 0 Å². The fourth-order valence-electron chi connectivity index (χ4n) is 4.58. The number of sulfone groups is 1. The van der Waals surface area contributed by atoms with E-state index >= 15 is 0 Å². The number of pyridine rings is 1. The molecule has 3 aromatic rings. The molecule has 4 heterocycles. The summed E-state index contributed by atoms with van der Waals surface area (Å²) in [6, 6.07) is 12.1. The van der Waals surface area contributed by atoms with Gasteiger partial charge in [-0.15, -0.1) is 0 Å². The molecule has 6 nitrogen and oxygen atoms in total. The van der Waals surface area contributed by atoms with E-state index in [9.17, 15) is 8.42 Å². The van der Waals surface area contributed by atoms with Crippen molar-refractivity contribution in [2.45, 2.75) is 42.8 Å². The zero-order valence-corrected chi connectivity index (χ0v) is 16.5. The van der Waals surface area contributed by atoms with Crippen molar-refractivity contribution >= 4 is 9.84 Å². The van der Waals surface area contributed by atoms with E-state index in [1.165, 1.54) is 29.5 Å². The highest BCUT2D eigenvalue weighted by atomic mass is 32.2. The summed E-state index contributed by atoms with van der Waals surface area (Å²) in [5.41, 5.74) is 4.76. The minimum atomic E-state index is -3.19. The Kier molecular flexibility index (Phi) is 4.10. The highest BCUT2D eigenvalue weighted by molar-refractivity contribution is 7.90. The van der Waals surface area contributed by atoms with E-state index in [-0.39, 0.29) is 0 Å². The van der Waals surface area contributed by atoms with Crippen molar-refractivity contribution in [2.24, 2.45) is 0 Å². The molecule has 1 saturated heterocycles. The van der Waals surface area contributed by atoms with Crippen LogP contribution >= 0.6 is 0 Å². The average Bonchev–Trinajstić information content (AvgIpc) is 3.22. The van der Waals surface area contributed by atoms with Crippen LogP contribution in [0.2, 0.25) is 0 Å². The Balaban J connectivity index is 1.46. The van der Waals surface area contributed by atoms with Gasteiger partial charge in [-0.25, -0.2) is 13.1 Å². The summed E-state index contributed by atoms with van der Waals surface area (Å²) in [5.74, 6) is 0. The van der Waals surface area contributed by atoms with Crippen molar-refractivity contribution in [3.8, 4) is 5.69 Å². The number of hydrogen-bond donors (Lipinski definition) is 0. The van der Waals surface area contributed by atoms with Gasteiger partial charge in [0.15, 0.2) is 9.84 Å². The molecule has 5 rings (SSSR count). The minimum absolute atomic E-state index is 0.334. The summed E-state index contributed by atoms with van der Waals surface area (Å²) in [4.78, 5) is 7.04. The molecule has 2 aliphatic rings. The summed E-state index contributed by atoms with van der Waals surface area (Å²) in [5, 5.41) is 4.65. The number of aromatic nitrogens is 3. The normalized spacial score (nSPS) is 21.6. The molecule has 144 valence electrons. The lowest BCUT2D eigenvalue weighted by Crippen LogP contribution is -2.37. The van der Waals surface area contributed by atoms with Crippen molar-refractivity contribution in [3.05, 3.63) is 71.8 Å². The Bertz CT molecular complexity index is 1110. The van der Waals surface area contributed by atoms with Crippen LogP contribution in [-0.4, -0.2) is 40.4 Å². The molecule has 0 N–H and O–H groups in total. The van der Waals surface area contributed by atoms with Crippen molar-refractivity contribution in [1.29, 1.82) is 0 Å². The van der Waals surface area contributed by atoms with E-state index in [0.717, 1.165) is 25.1 Å². The average molecular weight is 395 g/mol. The van der Waals surface area contributed by atoms with E-state index in [1.54, 1.807) is 12.1 Å². The number of fused-ring (bicyclic) bond motifs is 4. The molecular formula is C21H22N4O2S. The van der Waals surface area contributed by atoms with Gasteiger partial charge >= 0.3 is 0 Å². The Labute approximate surface area is 164 Å². The van der Waals surface area contributed by atoms with E-state index in [4.69, 9.17) is 0 Å². The maximum absolute atomic E-state index is 11.7. The largest absolute Gasteiger partial charge is 0.289 e. The molecule has 7 heteroatoms. The maximum Gasteiger partial charge on any atom is 0.175 e. The van der Waals surface area contributed by atoms with Crippen LogP contribution in [0.15, 0.2) is 59.9 Å². The zero-order chi connectivity index (χ0) is 19.3. The number of nitrogens with zero attached hydrogens (tertiary/aromatic N) is 4. The zero-order valence-electron chi connectivity index (χ0n) is 15.7. The molecule has 2 bridgehead atoms. The lowest BCUT2D eigenvalue weighted by Gasteiger charge is -2.35. The molecular weight excluding hydrogens is 372 g/mol. The third-order valence-corrected chi connectivity index (χ3v) is 7.08. The summed E-state index contributed by atoms with van der Waals surface area (Å²) < 4.78 is 25.4. The predicted octanol–water partition coefficient (Wildman–Crippen LogP) is 2.93. The van der Waals surface area contributed by atoms with Gasteiger partial charge in [0.05, 0.1) is 22.5 Å². The number of benzene rings is 1. The molecule has 1 aromatic carbocycles. The topological polar surface area (TPSA) is 68.1 Å². The highest BCUT2D eigenvalue weighted by Gasteiger charge is 2.41. The second-order valence-corrected chi connectivity index (χ2v) is 9.72. The molecule has 2 atom stereocenters. The van der Waals surface area contributed by atoms with Gasteiger partial charge in [-0.05, 0) is 54.8 Å². The molecule has 0 amide bonds. The van der Waals surface area contributed by atoms with Crippen LogP contribution in [0.5, 0.6) is 0 Å². The van der Waals surface area contributed by atoms with Crippen LogP contribution in [-0.2, 0) is 22.8 Å². The number of hydrogen-bond acceptors (Lipinski definition) is 5. The van der Waals surface area contributed by atoms with Crippen molar-refractivity contribution in [1.82, 2.24) is 19.7 Å². The van der Waals surface area contributed by atoms with Gasteiger partial charge in [-0.3, -0.25) is 9.88 Å². The third-order valence-electron chi connectivity index (χ3n) is 5.96. The first kappa shape index (κ1) is 17.6. The summed E-state index contributed by atoms with van der Waals surface area (Å²) in [7, 11) is -3.19. The maximum atomic E-state index is 11.7. The summed E-state index contributed by atoms with van der Waals surface area (Å²) in [6.07, 6.45) is 10.2. The van der Waals surface area contributed by atoms with E-state index in [0.29, 0.717) is 17.0 Å². The quantitative estimate of drug-likeness (QED) is 0.681. The fraction of sp³-hybridized carbons (Fsp3) is 0.333. The first-order valence-corrected chi connectivity index (χ1v) is 11.4. The van der Waals surface area contributed by atoms with E-state index in [2.05, 4.69) is 27.1 Å². The summed E-state index contributed by atoms with van der Waals surface area (Å²) >= 11 is 0. The van der Waals surface area contributed by atoms with E-state index in [1.807, 2.05) is 35.4 Å². The molecule has 1 fully saturated rings. The second kappa shape index (κ2) is 6.53. The molecule has 0 saturated carbocycles. The van der Waals surface area contributed by atoms with Crippen LogP contribution in [0.25, 0.3) is 5.69 Å². The fourth-order valence-corrected chi connectivity index (χ4v) is 5.21. The molecule has 0 unspecified atom stereocenters. The third kappa shape index (κ3) is 2.95. The van der Waals surface area contributed by atoms with Gasteiger partial charge < -0.3 is 0 Å². The Morgan fingerprint density at radius 2 is 1.82 bits per heavy atom. The van der Waals surface area contributed by atoms with Gasteiger partial charge in [0, 0.05) is 49.3 Å². The van der Waals surface area contributed by atoms with Gasteiger partial charge in [0.25, 0.3) is 0 Å². The first-order chi connectivity index (χ1) is 13.5. The SMILES string of the molecule is CS(=O)(=O)c1ccc(-n2ncc3c2C[C@@H]2CC[C@H]3N2Cc2ccncc2)cc1. The van der Waals surface area contributed by atoms with Gasteiger partial charge in [-0.2, -0.15) is 5.10 Å². The Morgan fingerprint density at radius 3 is 2.54 bits per heavy atom. The Morgan fingerprint density at radius 1 is 1.07 bits per heavy atom. The van der Waals surface area contributed by atoms with E-state index < -0.39 is 9.84 Å². The molecule has 28 heavy (non-hydrogen) atoms. The standard InChI is InChI=1S/C21H22N4O2S/c1-28(26,27)18-5-2-16(3-6-18)25-21-12-17-4-7-20(19(21)13-23-25)24(17)14-15-8-10-22-11-9-15/h2-3,5-6,8-11,13,17,20H,4,7,12,14H2,1H3/t17-,20+/m0/s1. The second-order valence-electron chi connectivity index (χ2n) is 7.70. The predicted molar refractivity (Wildman–Crippen MR) is 106 cm³/mol. The van der Waals surface area contributed by atoms with Crippen LogP contribution in [0.4, 0.5) is 0 Å². The molecule has 2 aromatic heterocycles. The number of rotatable bonds is 4. The lowest BCUT2D eigenvalue weighted by atomic mass is 9.99. The monoisotopic (exact) mass is 394 g/mol. The Hall–Kier alpha value is -2.51. The summed E-state index contributed by atoms with van der Waals surface area (Å²) in [6.45, 7) is 0.936. The molecule has 0 radical (unpaired) electrons. The molecule has 0 aliphatic carbocycles. The van der Waals surface area contributed by atoms with Crippen LogP contribution < -0.4 is 0 Å². The highest BCUT2D eigenvalue weighted by Crippen LogP contribution is 2.44. The van der Waals surface area contributed by atoms with Gasteiger partial charge in [0.2, 0.25) is 0 Å². The van der Waals surface area contributed by atoms with Gasteiger partial charge in [-0.1, -0.05) is 0 Å². The van der Waals surface area contributed by atoms with Crippen molar-refractivity contribution < 1.29 is 8.42 Å².